The van der Waals surface area contributed by atoms with Crippen LogP contribution in [0.2, 0.25) is 24.2 Å². The van der Waals surface area contributed by atoms with Crippen LogP contribution in [0.1, 0.15) is 55.4 Å². The van der Waals surface area contributed by atoms with Gasteiger partial charge in [-0.3, -0.25) is 0 Å². The van der Waals surface area contributed by atoms with Crippen LogP contribution in [0.4, 0.5) is 0 Å². The number of hydrogen-bond donors (Lipinski definition) is 0. The SMILES string of the molecule is CC1=C(C)C([Si](C)(C)C2C=CC(C(C)C(C)(C)C)=C2)C(C)=C1C. The normalized spacial score (nSPS) is 24.8. The summed E-state index contributed by atoms with van der Waals surface area (Å²) in [7, 11) is -1.47. The first kappa shape index (κ1) is 18.5. The molecule has 0 saturated heterocycles. The number of rotatable bonds is 3. The van der Waals surface area contributed by atoms with Crippen molar-refractivity contribution in [1.82, 2.24) is 0 Å². The van der Waals surface area contributed by atoms with Crippen LogP contribution in [0.15, 0.2) is 46.1 Å². The maximum absolute atomic E-state index is 2.60. The van der Waals surface area contributed by atoms with Crippen LogP contribution >= 0.6 is 0 Å². The second-order valence-electron chi connectivity index (χ2n) is 9.51. The van der Waals surface area contributed by atoms with Crippen LogP contribution in [0.25, 0.3) is 0 Å². The lowest BCUT2D eigenvalue weighted by Gasteiger charge is -2.36. The largest absolute Gasteiger partial charge is 0.0800 e. The summed E-state index contributed by atoms with van der Waals surface area (Å²) in [6, 6.07) is 0. The smallest absolute Gasteiger partial charge is 0.0706 e. The van der Waals surface area contributed by atoms with E-state index in [2.05, 4.69) is 86.7 Å². The number of allylic oxidation sites excluding steroid dienone is 8. The van der Waals surface area contributed by atoms with Gasteiger partial charge < -0.3 is 0 Å². The maximum atomic E-state index is 2.60. The highest BCUT2D eigenvalue weighted by Crippen LogP contribution is 2.52. The highest BCUT2D eigenvalue weighted by atomic mass is 28.3. The molecule has 0 amide bonds. The highest BCUT2D eigenvalue weighted by molar-refractivity contribution is 6.82. The molecule has 0 aromatic carbocycles. The summed E-state index contributed by atoms with van der Waals surface area (Å²) in [6.07, 6.45) is 7.53. The molecule has 2 unspecified atom stereocenters. The minimum atomic E-state index is -1.47. The van der Waals surface area contributed by atoms with Gasteiger partial charge in [0.2, 0.25) is 0 Å². The first-order chi connectivity index (χ1) is 10.4. The summed E-state index contributed by atoms with van der Waals surface area (Å²) < 4.78 is 0. The third kappa shape index (κ3) is 3.09. The number of hydrogen-bond acceptors (Lipinski definition) is 0. The van der Waals surface area contributed by atoms with Crippen molar-refractivity contribution in [3.05, 3.63) is 46.1 Å². The second kappa shape index (κ2) is 5.92. The first-order valence-electron chi connectivity index (χ1n) is 9.14. The van der Waals surface area contributed by atoms with Crippen molar-refractivity contribution in [2.75, 3.05) is 0 Å². The van der Waals surface area contributed by atoms with Gasteiger partial charge in [-0.25, -0.2) is 0 Å². The van der Waals surface area contributed by atoms with E-state index < -0.39 is 8.07 Å². The van der Waals surface area contributed by atoms with Crippen LogP contribution in [0.3, 0.4) is 0 Å². The molecule has 0 radical (unpaired) electrons. The second-order valence-corrected chi connectivity index (χ2v) is 14.4. The molecule has 2 rings (SSSR count). The van der Waals surface area contributed by atoms with E-state index >= 15 is 0 Å². The Kier molecular flexibility index (Phi) is 4.76. The molecular weight excluding hydrogens is 292 g/mol. The van der Waals surface area contributed by atoms with Crippen molar-refractivity contribution in [2.45, 2.75) is 79.6 Å². The molecule has 0 aromatic heterocycles. The van der Waals surface area contributed by atoms with Crippen molar-refractivity contribution in [3.8, 4) is 0 Å². The molecule has 0 bridgehead atoms. The molecule has 0 nitrogen and oxygen atoms in total. The zero-order valence-electron chi connectivity index (χ0n) is 17.0. The summed E-state index contributed by atoms with van der Waals surface area (Å²) >= 11 is 0. The van der Waals surface area contributed by atoms with Crippen molar-refractivity contribution in [1.29, 1.82) is 0 Å². The first-order valence-corrected chi connectivity index (χ1v) is 12.3. The van der Waals surface area contributed by atoms with E-state index in [1.807, 2.05) is 0 Å². The Hall–Kier alpha value is -0.823. The van der Waals surface area contributed by atoms with Gasteiger partial charge >= 0.3 is 0 Å². The van der Waals surface area contributed by atoms with Crippen LogP contribution < -0.4 is 0 Å². The maximum Gasteiger partial charge on any atom is 0.0706 e. The zero-order chi connectivity index (χ0) is 17.7. The van der Waals surface area contributed by atoms with E-state index in [9.17, 15) is 0 Å². The molecule has 0 N–H and O–H groups in total. The van der Waals surface area contributed by atoms with Crippen molar-refractivity contribution >= 4 is 8.07 Å². The third-order valence-electron chi connectivity index (χ3n) is 6.88. The van der Waals surface area contributed by atoms with E-state index in [-0.39, 0.29) is 0 Å². The molecule has 128 valence electrons. The van der Waals surface area contributed by atoms with Crippen molar-refractivity contribution in [3.63, 3.8) is 0 Å². The van der Waals surface area contributed by atoms with Crippen LogP contribution in [-0.2, 0) is 0 Å². The molecule has 0 spiro atoms. The van der Waals surface area contributed by atoms with E-state index in [0.717, 1.165) is 0 Å². The summed E-state index contributed by atoms with van der Waals surface area (Å²) in [5.41, 5.74) is 9.62. The van der Waals surface area contributed by atoms with Crippen LogP contribution in [0.5, 0.6) is 0 Å². The van der Waals surface area contributed by atoms with Crippen molar-refractivity contribution in [2.24, 2.45) is 11.3 Å². The van der Waals surface area contributed by atoms with Gasteiger partial charge in [-0.2, -0.15) is 0 Å². The van der Waals surface area contributed by atoms with Gasteiger partial charge in [0.1, 0.15) is 0 Å². The van der Waals surface area contributed by atoms with Gasteiger partial charge in [0, 0.05) is 0 Å². The van der Waals surface area contributed by atoms with E-state index in [4.69, 9.17) is 0 Å². The highest BCUT2D eigenvalue weighted by Gasteiger charge is 2.43. The van der Waals surface area contributed by atoms with Gasteiger partial charge in [0.15, 0.2) is 0 Å². The molecule has 0 aliphatic heterocycles. The fourth-order valence-electron chi connectivity index (χ4n) is 4.44. The van der Waals surface area contributed by atoms with E-state index in [0.29, 0.717) is 22.4 Å². The Morgan fingerprint density at radius 3 is 1.87 bits per heavy atom. The monoisotopic (exact) mass is 328 g/mol. The Bertz CT molecular complexity index is 593. The van der Waals surface area contributed by atoms with Gasteiger partial charge in [-0.1, -0.05) is 70.2 Å². The average Bonchev–Trinajstić information content (AvgIpc) is 2.99. The van der Waals surface area contributed by atoms with Crippen molar-refractivity contribution < 1.29 is 0 Å². The summed E-state index contributed by atoms with van der Waals surface area (Å²) in [4.78, 5) is 0. The summed E-state index contributed by atoms with van der Waals surface area (Å²) in [6.45, 7) is 24.0. The van der Waals surface area contributed by atoms with E-state index in [1.54, 1.807) is 27.9 Å². The van der Waals surface area contributed by atoms with Crippen LogP contribution in [-0.4, -0.2) is 8.07 Å². The predicted octanol–water partition coefficient (Wildman–Crippen LogP) is 7.30. The topological polar surface area (TPSA) is 0 Å². The fraction of sp³-hybridized carbons (Fsp3) is 0.636. The van der Waals surface area contributed by atoms with Gasteiger partial charge in [-0.05, 0) is 66.8 Å². The molecule has 1 heteroatoms. The lowest BCUT2D eigenvalue weighted by atomic mass is 9.78. The Balaban J connectivity index is 2.33. The molecule has 2 atom stereocenters. The Morgan fingerprint density at radius 1 is 0.957 bits per heavy atom. The summed E-state index contributed by atoms with van der Waals surface area (Å²) in [5.74, 6) is 0.619. The minimum Gasteiger partial charge on any atom is -0.0800 e. The van der Waals surface area contributed by atoms with Crippen LogP contribution in [0, 0.1) is 11.3 Å². The minimum absolute atomic E-state index is 0.336. The lowest BCUT2D eigenvalue weighted by molar-refractivity contribution is 0.305. The Labute approximate surface area is 145 Å². The third-order valence-corrected chi connectivity index (χ3v) is 11.3. The molecule has 0 saturated carbocycles. The molecular formula is C22H36Si. The average molecular weight is 329 g/mol. The van der Waals surface area contributed by atoms with Gasteiger partial charge in [-0.15, -0.1) is 0 Å². The quantitative estimate of drug-likeness (QED) is 0.477. The summed E-state index contributed by atoms with van der Waals surface area (Å²) in [5, 5.41) is 0. The van der Waals surface area contributed by atoms with E-state index in [1.165, 1.54) is 0 Å². The zero-order valence-corrected chi connectivity index (χ0v) is 18.0. The molecule has 2 aliphatic carbocycles. The van der Waals surface area contributed by atoms with Gasteiger partial charge in [0.05, 0.1) is 8.07 Å². The molecule has 2 aliphatic rings. The predicted molar refractivity (Wildman–Crippen MR) is 108 cm³/mol. The fourth-order valence-corrected chi connectivity index (χ4v) is 8.71. The lowest BCUT2D eigenvalue weighted by Crippen LogP contribution is -2.37. The molecule has 0 aromatic rings. The Morgan fingerprint density at radius 2 is 1.43 bits per heavy atom. The standard InChI is InChI=1S/C22H36Si/c1-14-15(2)17(4)21(16(14)3)23(9,10)20-12-11-19(13-20)18(5)22(6,7)8/h11-13,18,20-21H,1-10H3. The van der Waals surface area contributed by atoms with Gasteiger partial charge in [0.25, 0.3) is 0 Å². The molecule has 0 fully saturated rings. The molecule has 23 heavy (non-hydrogen) atoms. The molecule has 0 heterocycles.